The lowest BCUT2D eigenvalue weighted by atomic mass is 9.89. The molecule has 0 aromatic heterocycles. The summed E-state index contributed by atoms with van der Waals surface area (Å²) in [6.07, 6.45) is -12.1. The highest BCUT2D eigenvalue weighted by Gasteiger charge is 2.56. The van der Waals surface area contributed by atoms with Gasteiger partial charge in [-0.25, -0.2) is 4.39 Å². The molecule has 0 saturated heterocycles. The third-order valence-corrected chi connectivity index (χ3v) is 1.83. The first-order valence-electron chi connectivity index (χ1n) is 3.97. The normalized spacial score (nSPS) is 13.5. The zero-order valence-electron chi connectivity index (χ0n) is 8.43. The molecule has 0 aromatic rings. The number of halogens is 8. The summed E-state index contributed by atoms with van der Waals surface area (Å²) in [5.41, 5.74) is -6.65. The van der Waals surface area contributed by atoms with Crippen molar-refractivity contribution in [3.05, 3.63) is 11.4 Å². The Bertz CT molecular complexity index is 330. The maximum Gasteiger partial charge on any atom is 0.423 e. The van der Waals surface area contributed by atoms with Crippen LogP contribution in [0.2, 0.25) is 0 Å². The van der Waals surface area contributed by atoms with Crippen LogP contribution < -0.4 is 0 Å². The van der Waals surface area contributed by atoms with Crippen molar-refractivity contribution in [3.8, 4) is 0 Å². The minimum Gasteiger partial charge on any atom is -0.260 e. The fourth-order valence-corrected chi connectivity index (χ4v) is 0.808. The van der Waals surface area contributed by atoms with Crippen LogP contribution in [0.15, 0.2) is 11.4 Å². The van der Waals surface area contributed by atoms with Crippen LogP contribution in [0, 0.1) is 5.41 Å². The van der Waals surface area contributed by atoms with Crippen molar-refractivity contribution in [2.75, 3.05) is 0 Å². The Hall–Kier alpha value is -1.15. The van der Waals surface area contributed by atoms with E-state index < -0.39 is 35.2 Å². The first-order valence-corrected chi connectivity index (χ1v) is 3.97. The summed E-state index contributed by atoms with van der Waals surface area (Å²) in [7, 11) is 0. The van der Waals surface area contributed by atoms with Crippen LogP contribution in [0.25, 0.3) is 0 Å². The van der Waals surface area contributed by atoms with Gasteiger partial charge < -0.3 is 0 Å². The first-order chi connectivity index (χ1) is 7.22. The summed E-state index contributed by atoms with van der Waals surface area (Å²) in [5.74, 6) is -2.90. The second-order valence-corrected chi connectivity index (χ2v) is 3.58. The van der Waals surface area contributed by atoms with Gasteiger partial charge in [0.2, 0.25) is 0 Å². The van der Waals surface area contributed by atoms with Crippen molar-refractivity contribution in [3.63, 3.8) is 0 Å². The molecule has 0 fully saturated rings. The molecule has 0 aliphatic heterocycles. The zero-order chi connectivity index (χ0) is 14.2. The Morgan fingerprint density at radius 3 is 1.29 bits per heavy atom. The number of hydrogen-bond donors (Lipinski definition) is 0. The van der Waals surface area contributed by atoms with Gasteiger partial charge in [-0.3, -0.25) is 4.79 Å². The number of rotatable bonds is 2. The molecule has 0 saturated carbocycles. The van der Waals surface area contributed by atoms with Crippen molar-refractivity contribution in [2.24, 2.45) is 5.41 Å². The number of hydrogen-bond acceptors (Lipinski definition) is 1. The second kappa shape index (κ2) is 4.26. The molecule has 0 heterocycles. The lowest BCUT2D eigenvalue weighted by Crippen LogP contribution is -2.33. The van der Waals surface area contributed by atoms with Crippen LogP contribution in [0.3, 0.4) is 0 Å². The molecule has 0 bridgehead atoms. The molecule has 0 N–H and O–H groups in total. The fourth-order valence-electron chi connectivity index (χ4n) is 0.808. The monoisotopic (exact) mass is 270 g/mol. The van der Waals surface area contributed by atoms with Crippen molar-refractivity contribution >= 4 is 6.04 Å². The summed E-state index contributed by atoms with van der Waals surface area (Å²) in [5, 5.41) is 0. The Morgan fingerprint density at radius 2 is 1.12 bits per heavy atom. The highest BCUT2D eigenvalue weighted by molar-refractivity contribution is 5.78. The molecule has 9 heteroatoms. The SMILES string of the molecule is CC(C)(C(=O)F)C(F)=C(C(F)(F)F)C(F)(F)F. The van der Waals surface area contributed by atoms with Crippen molar-refractivity contribution < 1.29 is 39.9 Å². The number of carbonyl (C=O) groups excluding carboxylic acids is 1. The maximum absolute atomic E-state index is 13.1. The average Bonchev–Trinajstić information content (AvgIpc) is 1.97. The largest absolute Gasteiger partial charge is 0.423 e. The highest BCUT2D eigenvalue weighted by Crippen LogP contribution is 2.45. The molecular formula is C8H6F8O. The molecule has 17 heavy (non-hydrogen) atoms. The molecule has 0 rings (SSSR count). The van der Waals surface area contributed by atoms with E-state index in [0.717, 1.165) is 0 Å². The molecule has 0 spiro atoms. The van der Waals surface area contributed by atoms with E-state index in [4.69, 9.17) is 0 Å². The molecule has 0 aliphatic rings. The van der Waals surface area contributed by atoms with E-state index in [1.54, 1.807) is 0 Å². The smallest absolute Gasteiger partial charge is 0.260 e. The lowest BCUT2D eigenvalue weighted by molar-refractivity contribution is -0.176. The number of allylic oxidation sites excluding steroid dienone is 2. The van der Waals surface area contributed by atoms with Crippen LogP contribution in [-0.4, -0.2) is 18.4 Å². The molecule has 0 aliphatic carbocycles. The molecular weight excluding hydrogens is 264 g/mol. The van der Waals surface area contributed by atoms with E-state index in [-0.39, 0.29) is 13.8 Å². The standard InChI is InChI=1S/C8H6F8O/c1-6(2,5(10)17)4(9)3(7(11,12)13)8(14,15)16/h1-2H3. The van der Waals surface area contributed by atoms with Gasteiger partial charge in [-0.05, 0) is 13.8 Å². The number of carbonyl (C=O) groups is 1. The van der Waals surface area contributed by atoms with E-state index in [2.05, 4.69) is 0 Å². The Kier molecular flexibility index (Phi) is 3.97. The van der Waals surface area contributed by atoms with Crippen LogP contribution in [0.1, 0.15) is 13.8 Å². The minimum atomic E-state index is -6.07. The van der Waals surface area contributed by atoms with Gasteiger partial charge in [0.05, 0.1) is 0 Å². The molecule has 0 unspecified atom stereocenters. The predicted octanol–water partition coefficient (Wildman–Crippen LogP) is 3.86. The molecule has 0 radical (unpaired) electrons. The Balaban J connectivity index is 6.01. The molecule has 0 aromatic carbocycles. The van der Waals surface area contributed by atoms with Gasteiger partial charge >= 0.3 is 18.4 Å². The highest BCUT2D eigenvalue weighted by atomic mass is 19.4. The van der Waals surface area contributed by atoms with Gasteiger partial charge in [-0.1, -0.05) is 0 Å². The molecule has 0 amide bonds. The zero-order valence-corrected chi connectivity index (χ0v) is 8.43. The van der Waals surface area contributed by atoms with Crippen LogP contribution in [0.4, 0.5) is 35.1 Å². The van der Waals surface area contributed by atoms with E-state index in [0.29, 0.717) is 0 Å². The van der Waals surface area contributed by atoms with Gasteiger partial charge in [-0.2, -0.15) is 30.7 Å². The van der Waals surface area contributed by atoms with E-state index in [1.807, 2.05) is 0 Å². The van der Waals surface area contributed by atoms with Gasteiger partial charge in [-0.15, -0.1) is 0 Å². The Morgan fingerprint density at radius 1 is 0.824 bits per heavy atom. The van der Waals surface area contributed by atoms with E-state index in [9.17, 15) is 39.9 Å². The van der Waals surface area contributed by atoms with Gasteiger partial charge in [0, 0.05) is 0 Å². The first kappa shape index (κ1) is 15.9. The van der Waals surface area contributed by atoms with Crippen LogP contribution in [-0.2, 0) is 4.79 Å². The third kappa shape index (κ3) is 3.40. The van der Waals surface area contributed by atoms with Crippen molar-refractivity contribution in [2.45, 2.75) is 26.2 Å². The fraction of sp³-hybridized carbons (Fsp3) is 0.625. The van der Waals surface area contributed by atoms with Gasteiger partial charge in [0.25, 0.3) is 0 Å². The number of alkyl halides is 6. The summed E-state index contributed by atoms with van der Waals surface area (Å²) < 4.78 is 97.3. The van der Waals surface area contributed by atoms with E-state index in [1.165, 1.54) is 0 Å². The molecule has 0 atom stereocenters. The third-order valence-electron chi connectivity index (χ3n) is 1.83. The van der Waals surface area contributed by atoms with Gasteiger partial charge in [0.15, 0.2) is 5.57 Å². The quantitative estimate of drug-likeness (QED) is 0.550. The topological polar surface area (TPSA) is 17.1 Å². The Labute approximate surface area is 90.1 Å². The predicted molar refractivity (Wildman–Crippen MR) is 40.1 cm³/mol. The lowest BCUT2D eigenvalue weighted by Gasteiger charge is -2.22. The van der Waals surface area contributed by atoms with Crippen molar-refractivity contribution in [1.82, 2.24) is 0 Å². The van der Waals surface area contributed by atoms with Crippen molar-refractivity contribution in [1.29, 1.82) is 0 Å². The summed E-state index contributed by atoms with van der Waals surface area (Å²) >= 11 is 0. The summed E-state index contributed by atoms with van der Waals surface area (Å²) in [6.45, 7) is 0.560. The van der Waals surface area contributed by atoms with Crippen LogP contribution in [0.5, 0.6) is 0 Å². The summed E-state index contributed by atoms with van der Waals surface area (Å²) in [4.78, 5) is 10.2. The average molecular weight is 270 g/mol. The van der Waals surface area contributed by atoms with E-state index >= 15 is 0 Å². The van der Waals surface area contributed by atoms with Crippen LogP contribution >= 0.6 is 0 Å². The summed E-state index contributed by atoms with van der Waals surface area (Å²) in [6, 6.07) is -2.64. The second-order valence-electron chi connectivity index (χ2n) is 3.58. The minimum absolute atomic E-state index is 0.280. The molecule has 100 valence electrons. The maximum atomic E-state index is 13.1. The molecule has 1 nitrogen and oxygen atoms in total. The van der Waals surface area contributed by atoms with Gasteiger partial charge in [0.1, 0.15) is 11.2 Å².